The number of nitrogens with one attached hydrogen (secondary N) is 3. The summed E-state index contributed by atoms with van der Waals surface area (Å²) >= 11 is 3.41. The maximum atomic E-state index is 13.3. The summed E-state index contributed by atoms with van der Waals surface area (Å²) in [5, 5.41) is 8.62. The molecule has 1 aromatic carbocycles. The maximum Gasteiger partial charge on any atom is 0.319 e. The van der Waals surface area contributed by atoms with Gasteiger partial charge in [-0.2, -0.15) is 0 Å². The van der Waals surface area contributed by atoms with Crippen LogP contribution in [-0.2, 0) is 4.79 Å². The number of hydrogen-bond donors (Lipinski definition) is 3. The number of piperazine rings is 1. The van der Waals surface area contributed by atoms with Gasteiger partial charge in [0.2, 0.25) is 5.91 Å². The molecule has 1 aliphatic rings. The molecular formula is C23H36BrN5O3. The lowest BCUT2D eigenvalue weighted by Gasteiger charge is -2.41. The lowest BCUT2D eigenvalue weighted by atomic mass is 9.97. The lowest BCUT2D eigenvalue weighted by Crippen LogP contribution is -2.61. The molecule has 1 aliphatic heterocycles. The summed E-state index contributed by atoms with van der Waals surface area (Å²) in [6.45, 7) is 10.0. The van der Waals surface area contributed by atoms with Gasteiger partial charge < -0.3 is 25.8 Å². The third-order valence-electron chi connectivity index (χ3n) is 5.89. The van der Waals surface area contributed by atoms with E-state index in [1.54, 1.807) is 15.9 Å². The molecule has 3 atom stereocenters. The SMILES string of the molecule is CCCCNC(=O)N1CCN(C(=O)C(NC(=O)Nc2ccccc2Br)C(C)CC)CC1C. The van der Waals surface area contributed by atoms with Crippen LogP contribution in [-0.4, -0.2) is 66.0 Å². The quantitative estimate of drug-likeness (QED) is 0.461. The molecule has 3 N–H and O–H groups in total. The van der Waals surface area contributed by atoms with E-state index in [0.717, 1.165) is 23.7 Å². The molecule has 32 heavy (non-hydrogen) atoms. The first kappa shape index (κ1) is 26.0. The van der Waals surface area contributed by atoms with E-state index in [4.69, 9.17) is 0 Å². The third kappa shape index (κ3) is 7.12. The van der Waals surface area contributed by atoms with Crippen LogP contribution in [0.4, 0.5) is 15.3 Å². The first-order valence-electron chi connectivity index (χ1n) is 11.4. The summed E-state index contributed by atoms with van der Waals surface area (Å²) in [5.41, 5.74) is 0.636. The molecule has 8 nitrogen and oxygen atoms in total. The Bertz CT molecular complexity index is 791. The molecule has 5 amide bonds. The molecule has 3 unspecified atom stereocenters. The molecule has 0 saturated carbocycles. The first-order valence-corrected chi connectivity index (χ1v) is 12.2. The Morgan fingerprint density at radius 3 is 2.53 bits per heavy atom. The molecule has 178 valence electrons. The molecule has 1 aromatic rings. The number of rotatable bonds is 8. The summed E-state index contributed by atoms with van der Waals surface area (Å²) < 4.78 is 0.767. The van der Waals surface area contributed by atoms with Crippen molar-refractivity contribution in [2.45, 2.75) is 59.0 Å². The number of carbonyl (C=O) groups is 3. The molecule has 1 heterocycles. The van der Waals surface area contributed by atoms with Crippen LogP contribution < -0.4 is 16.0 Å². The second-order valence-corrected chi connectivity index (χ2v) is 9.21. The number of benzene rings is 1. The molecule has 0 aliphatic carbocycles. The summed E-state index contributed by atoms with van der Waals surface area (Å²) in [4.78, 5) is 42.0. The zero-order valence-electron chi connectivity index (χ0n) is 19.5. The van der Waals surface area contributed by atoms with Gasteiger partial charge >= 0.3 is 12.1 Å². The first-order chi connectivity index (χ1) is 15.3. The van der Waals surface area contributed by atoms with E-state index >= 15 is 0 Å². The topological polar surface area (TPSA) is 93.8 Å². The average molecular weight is 510 g/mol. The second kappa shape index (κ2) is 12.7. The van der Waals surface area contributed by atoms with Crippen molar-refractivity contribution in [2.75, 3.05) is 31.5 Å². The van der Waals surface area contributed by atoms with Gasteiger partial charge in [-0.3, -0.25) is 4.79 Å². The van der Waals surface area contributed by atoms with Gasteiger partial charge in [-0.15, -0.1) is 0 Å². The molecular weight excluding hydrogens is 474 g/mol. The maximum absolute atomic E-state index is 13.3. The number of nitrogens with zero attached hydrogens (tertiary/aromatic N) is 2. The Labute approximate surface area is 199 Å². The third-order valence-corrected chi connectivity index (χ3v) is 6.59. The van der Waals surface area contributed by atoms with Crippen molar-refractivity contribution in [3.8, 4) is 0 Å². The van der Waals surface area contributed by atoms with Crippen LogP contribution in [0.5, 0.6) is 0 Å². The summed E-state index contributed by atoms with van der Waals surface area (Å²) in [6, 6.07) is 6.09. The standard InChI is InChI=1S/C23H36BrN5O3/c1-5-7-12-25-23(32)29-14-13-28(15-17(29)4)21(30)20(16(3)6-2)27-22(31)26-19-11-9-8-10-18(19)24/h8-11,16-17,20H,5-7,12-15H2,1-4H3,(H,25,32)(H2,26,27,31). The lowest BCUT2D eigenvalue weighted by molar-refractivity contribution is -0.136. The van der Waals surface area contributed by atoms with E-state index in [1.807, 2.05) is 39.0 Å². The molecule has 0 spiro atoms. The smallest absolute Gasteiger partial charge is 0.319 e. The van der Waals surface area contributed by atoms with E-state index in [2.05, 4.69) is 38.8 Å². The summed E-state index contributed by atoms with van der Waals surface area (Å²) in [6.07, 6.45) is 2.72. The minimum absolute atomic E-state index is 0.0295. The number of para-hydroxylation sites is 1. The zero-order valence-corrected chi connectivity index (χ0v) is 21.1. The van der Waals surface area contributed by atoms with Gasteiger partial charge in [0, 0.05) is 36.7 Å². The van der Waals surface area contributed by atoms with Crippen LogP contribution in [0, 0.1) is 5.92 Å². The second-order valence-electron chi connectivity index (χ2n) is 8.35. The predicted molar refractivity (Wildman–Crippen MR) is 131 cm³/mol. The van der Waals surface area contributed by atoms with Gasteiger partial charge in [0.25, 0.3) is 0 Å². The van der Waals surface area contributed by atoms with Crippen LogP contribution in [0.3, 0.4) is 0 Å². The summed E-state index contributed by atoms with van der Waals surface area (Å²) in [7, 11) is 0. The van der Waals surface area contributed by atoms with E-state index in [0.29, 0.717) is 31.9 Å². The van der Waals surface area contributed by atoms with E-state index in [1.165, 1.54) is 0 Å². The van der Waals surface area contributed by atoms with Crippen molar-refractivity contribution < 1.29 is 14.4 Å². The van der Waals surface area contributed by atoms with Crippen molar-refractivity contribution in [2.24, 2.45) is 5.92 Å². The van der Waals surface area contributed by atoms with Crippen LogP contribution in [0.1, 0.15) is 47.0 Å². The van der Waals surface area contributed by atoms with E-state index < -0.39 is 12.1 Å². The number of urea groups is 2. The van der Waals surface area contributed by atoms with Gasteiger partial charge in [0.05, 0.1) is 5.69 Å². The van der Waals surface area contributed by atoms with Crippen molar-refractivity contribution in [1.29, 1.82) is 0 Å². The highest BCUT2D eigenvalue weighted by atomic mass is 79.9. The number of halogens is 1. The van der Waals surface area contributed by atoms with Gasteiger partial charge in [0.1, 0.15) is 6.04 Å². The van der Waals surface area contributed by atoms with Crippen LogP contribution in [0.15, 0.2) is 28.7 Å². The minimum atomic E-state index is -0.639. The highest BCUT2D eigenvalue weighted by Crippen LogP contribution is 2.21. The number of carbonyl (C=O) groups excluding carboxylic acids is 3. The molecule has 0 radical (unpaired) electrons. The Kier molecular flexibility index (Phi) is 10.3. The number of anilines is 1. The molecule has 2 rings (SSSR count). The number of hydrogen-bond acceptors (Lipinski definition) is 3. The summed E-state index contributed by atoms with van der Waals surface area (Å²) in [5.74, 6) is -0.141. The number of amides is 5. The van der Waals surface area contributed by atoms with Crippen molar-refractivity contribution in [1.82, 2.24) is 20.4 Å². The minimum Gasteiger partial charge on any atom is -0.338 e. The fourth-order valence-corrected chi connectivity index (χ4v) is 4.06. The van der Waals surface area contributed by atoms with Crippen LogP contribution in [0.2, 0.25) is 0 Å². The molecule has 1 fully saturated rings. The average Bonchev–Trinajstić information content (AvgIpc) is 2.78. The fraction of sp³-hybridized carbons (Fsp3) is 0.609. The van der Waals surface area contributed by atoms with Crippen molar-refractivity contribution in [3.63, 3.8) is 0 Å². The van der Waals surface area contributed by atoms with Crippen LogP contribution in [0.25, 0.3) is 0 Å². The molecule has 0 bridgehead atoms. The van der Waals surface area contributed by atoms with Crippen molar-refractivity contribution >= 4 is 39.6 Å². The van der Waals surface area contributed by atoms with Gasteiger partial charge in [-0.1, -0.05) is 45.7 Å². The fourth-order valence-electron chi connectivity index (χ4n) is 3.68. The Morgan fingerprint density at radius 2 is 1.91 bits per heavy atom. The monoisotopic (exact) mass is 509 g/mol. The van der Waals surface area contributed by atoms with Crippen molar-refractivity contribution in [3.05, 3.63) is 28.7 Å². The highest BCUT2D eigenvalue weighted by Gasteiger charge is 2.35. The molecule has 0 aromatic heterocycles. The van der Waals surface area contributed by atoms with E-state index in [-0.39, 0.29) is 23.9 Å². The van der Waals surface area contributed by atoms with Gasteiger partial charge in [-0.25, -0.2) is 9.59 Å². The Morgan fingerprint density at radius 1 is 1.19 bits per heavy atom. The Balaban J connectivity index is 1.99. The van der Waals surface area contributed by atoms with Crippen LogP contribution >= 0.6 is 15.9 Å². The van der Waals surface area contributed by atoms with Gasteiger partial charge in [-0.05, 0) is 47.3 Å². The van der Waals surface area contributed by atoms with E-state index in [9.17, 15) is 14.4 Å². The highest BCUT2D eigenvalue weighted by molar-refractivity contribution is 9.10. The molecule has 1 saturated heterocycles. The predicted octanol–water partition coefficient (Wildman–Crippen LogP) is 4.03. The largest absolute Gasteiger partial charge is 0.338 e. The normalized spacial score (nSPS) is 18.0. The Hall–Kier alpha value is -2.29. The number of unbranched alkanes of at least 4 members (excludes halogenated alkanes) is 1. The zero-order chi connectivity index (χ0) is 23.7. The molecule has 9 heteroatoms. The van der Waals surface area contributed by atoms with Gasteiger partial charge in [0.15, 0.2) is 0 Å².